The zero-order valence-electron chi connectivity index (χ0n) is 24.9. The molecule has 4 aromatic rings. The van der Waals surface area contributed by atoms with Gasteiger partial charge in [0.2, 0.25) is 0 Å². The Bertz CT molecular complexity index is 1080. The molecular weight excluding hydrogens is 440 g/mol. The van der Waals surface area contributed by atoms with Gasteiger partial charge in [-0.2, -0.15) is 0 Å². The van der Waals surface area contributed by atoms with Crippen LogP contribution in [0.1, 0.15) is 92.4 Å². The largest absolute Gasteiger partial charge is 0.313 e. The summed E-state index contributed by atoms with van der Waals surface area (Å²) in [6.07, 6.45) is 2.94. The van der Waals surface area contributed by atoms with E-state index < -0.39 is 0 Å². The van der Waals surface area contributed by atoms with Gasteiger partial charge in [-0.3, -0.25) is 0 Å². The number of fused-ring (bicyclic) bond motifs is 1. The smallest absolute Gasteiger partial charge is 0.164 e. The summed E-state index contributed by atoms with van der Waals surface area (Å²) in [6, 6.07) is 19.6. The first-order valence-corrected chi connectivity index (χ1v) is 13.5. The van der Waals surface area contributed by atoms with Crippen LogP contribution >= 0.6 is 0 Å². The molecule has 0 amide bonds. The average molecular weight is 491 g/mol. The number of aryl methyl sites for hydroxylation is 3. The van der Waals surface area contributed by atoms with Gasteiger partial charge < -0.3 is 4.57 Å². The van der Waals surface area contributed by atoms with Gasteiger partial charge in [-0.15, -0.1) is 0 Å². The van der Waals surface area contributed by atoms with Gasteiger partial charge in [-0.25, -0.2) is 15.0 Å². The molecule has 0 N–H and O–H groups in total. The maximum absolute atomic E-state index is 4.41. The highest BCUT2D eigenvalue weighted by atomic mass is 15.1. The Labute approximate surface area is 221 Å². The van der Waals surface area contributed by atoms with Gasteiger partial charge in [-0.05, 0) is 56.7 Å². The van der Waals surface area contributed by atoms with Gasteiger partial charge in [0.25, 0.3) is 0 Å². The lowest BCUT2D eigenvalue weighted by Crippen LogP contribution is -2.01. The third kappa shape index (κ3) is 11.2. The fourth-order valence-corrected chi connectivity index (χ4v) is 3.14. The summed E-state index contributed by atoms with van der Waals surface area (Å²) in [5.41, 5.74) is 6.77. The normalized spacial score (nSPS) is 9.72. The zero-order chi connectivity index (χ0) is 27.7. The van der Waals surface area contributed by atoms with E-state index >= 15 is 0 Å². The van der Waals surface area contributed by atoms with Gasteiger partial charge in [0.05, 0.1) is 12.0 Å². The number of hydrogen-bond donors (Lipinski definition) is 0. The Hall–Kier alpha value is -3.01. The summed E-state index contributed by atoms with van der Waals surface area (Å²) in [5.74, 6) is 1.64. The van der Waals surface area contributed by atoms with E-state index in [1.165, 1.54) is 16.7 Å². The van der Waals surface area contributed by atoms with Crippen molar-refractivity contribution in [3.63, 3.8) is 0 Å². The summed E-state index contributed by atoms with van der Waals surface area (Å²) < 4.78 is 2.07. The molecule has 0 fully saturated rings. The molecule has 2 aromatic heterocycles. The molecular formula is C32H50N4. The summed E-state index contributed by atoms with van der Waals surface area (Å²) in [4.78, 5) is 13.0. The van der Waals surface area contributed by atoms with Crippen LogP contribution in [0, 0.1) is 19.8 Å². The first-order valence-electron chi connectivity index (χ1n) is 13.5. The fourth-order valence-electron chi connectivity index (χ4n) is 3.14. The monoisotopic (exact) mass is 490 g/mol. The minimum absolute atomic E-state index is 0.383. The summed E-state index contributed by atoms with van der Waals surface area (Å²) in [5, 5.41) is 0. The van der Waals surface area contributed by atoms with Crippen LogP contribution in [0.25, 0.3) is 22.3 Å². The van der Waals surface area contributed by atoms with Crippen molar-refractivity contribution in [1.82, 2.24) is 19.5 Å². The fraction of sp³-hybridized carbons (Fsp3) is 0.469. The molecule has 2 aromatic carbocycles. The molecule has 0 aliphatic carbocycles. The Morgan fingerprint density at radius 1 is 0.722 bits per heavy atom. The molecule has 0 spiro atoms. The van der Waals surface area contributed by atoms with Crippen LogP contribution in [0.2, 0.25) is 0 Å². The van der Waals surface area contributed by atoms with Crippen molar-refractivity contribution in [3.8, 4) is 11.1 Å². The first-order chi connectivity index (χ1) is 17.2. The van der Waals surface area contributed by atoms with Crippen LogP contribution < -0.4 is 0 Å². The topological polar surface area (TPSA) is 43.6 Å². The molecule has 0 aliphatic rings. The Morgan fingerprint density at radius 2 is 1.22 bits per heavy atom. The molecule has 0 aliphatic heterocycles. The minimum Gasteiger partial charge on any atom is -0.313 e. The molecule has 0 saturated carbocycles. The number of hydrogen-bond acceptors (Lipinski definition) is 3. The first kappa shape index (κ1) is 33.0. The SMILES string of the molecule is CC.CC.CC(C)C.CCc1ccc(-c2ccccc2)cc1.Cc1nc(C)c2ncn(C(C)C)c2n1. The van der Waals surface area contributed by atoms with Crippen LogP contribution in [0.15, 0.2) is 60.9 Å². The van der Waals surface area contributed by atoms with E-state index in [2.05, 4.69) is 110 Å². The second-order valence-electron chi connectivity index (χ2n) is 8.92. The highest BCUT2D eigenvalue weighted by Gasteiger charge is 2.10. The third-order valence-corrected chi connectivity index (χ3v) is 4.73. The van der Waals surface area contributed by atoms with E-state index in [1.54, 1.807) is 0 Å². The summed E-state index contributed by atoms with van der Waals surface area (Å²) >= 11 is 0. The molecule has 0 atom stereocenters. The summed E-state index contributed by atoms with van der Waals surface area (Å²) in [7, 11) is 0. The van der Waals surface area contributed by atoms with Crippen molar-refractivity contribution in [3.05, 3.63) is 78.0 Å². The second kappa shape index (κ2) is 18.3. The van der Waals surface area contributed by atoms with E-state index in [0.29, 0.717) is 6.04 Å². The highest BCUT2D eigenvalue weighted by Crippen LogP contribution is 2.19. The lowest BCUT2D eigenvalue weighted by molar-refractivity contribution is 0.612. The van der Waals surface area contributed by atoms with E-state index in [-0.39, 0.29) is 0 Å². The third-order valence-electron chi connectivity index (χ3n) is 4.73. The van der Waals surface area contributed by atoms with Crippen LogP contribution in [0.3, 0.4) is 0 Å². The Morgan fingerprint density at radius 3 is 1.69 bits per heavy atom. The van der Waals surface area contributed by atoms with Crippen molar-refractivity contribution >= 4 is 11.2 Å². The van der Waals surface area contributed by atoms with Crippen molar-refractivity contribution in [2.75, 3.05) is 0 Å². The van der Waals surface area contributed by atoms with E-state index in [1.807, 2.05) is 53.9 Å². The van der Waals surface area contributed by atoms with E-state index in [0.717, 1.165) is 35.0 Å². The van der Waals surface area contributed by atoms with Gasteiger partial charge >= 0.3 is 0 Å². The van der Waals surface area contributed by atoms with Crippen molar-refractivity contribution in [2.45, 2.75) is 95.5 Å². The molecule has 0 unspecified atom stereocenters. The minimum atomic E-state index is 0.383. The van der Waals surface area contributed by atoms with Crippen LogP contribution in [-0.4, -0.2) is 19.5 Å². The van der Waals surface area contributed by atoms with Gasteiger partial charge in [-0.1, -0.05) is 110 Å². The number of imidazole rings is 1. The number of aromatic nitrogens is 4. The Kier molecular flexibility index (Phi) is 16.8. The van der Waals surface area contributed by atoms with Crippen molar-refractivity contribution in [1.29, 1.82) is 0 Å². The second-order valence-corrected chi connectivity index (χ2v) is 8.92. The lowest BCUT2D eigenvalue weighted by Gasteiger charge is -2.07. The number of nitrogens with zero attached hydrogens (tertiary/aromatic N) is 4. The summed E-state index contributed by atoms with van der Waals surface area (Å²) in [6.45, 7) is 24.8. The van der Waals surface area contributed by atoms with Gasteiger partial charge in [0, 0.05) is 6.04 Å². The molecule has 0 saturated heterocycles. The highest BCUT2D eigenvalue weighted by molar-refractivity contribution is 5.73. The predicted octanol–water partition coefficient (Wildman–Crippen LogP) is 9.65. The number of benzene rings is 2. The molecule has 4 nitrogen and oxygen atoms in total. The number of rotatable bonds is 3. The maximum atomic E-state index is 4.41. The molecule has 36 heavy (non-hydrogen) atoms. The van der Waals surface area contributed by atoms with Gasteiger partial charge in [0.15, 0.2) is 5.65 Å². The quantitative estimate of drug-likeness (QED) is 0.287. The molecule has 2 heterocycles. The predicted molar refractivity (Wildman–Crippen MR) is 160 cm³/mol. The maximum Gasteiger partial charge on any atom is 0.164 e. The van der Waals surface area contributed by atoms with Crippen LogP contribution in [0.5, 0.6) is 0 Å². The van der Waals surface area contributed by atoms with Crippen molar-refractivity contribution in [2.24, 2.45) is 5.92 Å². The standard InChI is InChI=1S/C14H14.C10H14N4.C4H10.2C2H6/c1-2-12-8-10-14(11-9-12)13-6-4-3-5-7-13;1-6(2)14-5-11-9-7(3)12-8(4)13-10(9)14;1-4(2)3;2*1-2/h3-11H,2H2,1H3;5-6H,1-4H3;4H,1-3H3;2*1-2H3. The van der Waals surface area contributed by atoms with E-state index in [4.69, 9.17) is 0 Å². The van der Waals surface area contributed by atoms with Crippen molar-refractivity contribution < 1.29 is 0 Å². The van der Waals surface area contributed by atoms with Crippen LogP contribution in [-0.2, 0) is 6.42 Å². The lowest BCUT2D eigenvalue weighted by atomic mass is 10.0. The Balaban J connectivity index is 0.000000531. The average Bonchev–Trinajstić information content (AvgIpc) is 3.32. The van der Waals surface area contributed by atoms with Crippen LogP contribution in [0.4, 0.5) is 0 Å². The molecule has 0 radical (unpaired) electrons. The van der Waals surface area contributed by atoms with E-state index in [9.17, 15) is 0 Å². The zero-order valence-corrected chi connectivity index (χ0v) is 24.9. The van der Waals surface area contributed by atoms with Gasteiger partial charge in [0.1, 0.15) is 11.3 Å². The molecule has 198 valence electrons. The molecule has 0 bridgehead atoms. The molecule has 4 heteroatoms. The molecule has 4 rings (SSSR count).